The fourth-order valence-electron chi connectivity index (χ4n) is 2.50. The molecule has 2 nitrogen and oxygen atoms in total. The van der Waals surface area contributed by atoms with Gasteiger partial charge in [0.25, 0.3) is 0 Å². The second-order valence-corrected chi connectivity index (χ2v) is 5.13. The fraction of sp³-hybridized carbons (Fsp3) is 0.500. The lowest BCUT2D eigenvalue weighted by atomic mass is 10.1. The van der Waals surface area contributed by atoms with Gasteiger partial charge < -0.3 is 5.32 Å². The minimum Gasteiger partial charge on any atom is -0.381 e. The number of benzene rings is 1. The first kappa shape index (κ1) is 13.7. The standard InChI is InChI=1S/C14H15F3N2/c1-9-2-4-12(6-9)19-13-5-3-11(14(15,16)17)7-10(13)8-18/h3,5,7,9,12,19H,2,4,6H2,1H3. The summed E-state index contributed by atoms with van der Waals surface area (Å²) in [5.41, 5.74) is -0.238. The molecule has 2 atom stereocenters. The maximum absolute atomic E-state index is 12.6. The van der Waals surface area contributed by atoms with Gasteiger partial charge in [-0.15, -0.1) is 0 Å². The van der Waals surface area contributed by atoms with Gasteiger partial charge in [0.05, 0.1) is 16.8 Å². The molecule has 1 aliphatic rings. The van der Waals surface area contributed by atoms with E-state index in [0.29, 0.717) is 11.6 Å². The van der Waals surface area contributed by atoms with Crippen molar-refractivity contribution < 1.29 is 13.2 Å². The van der Waals surface area contributed by atoms with Gasteiger partial charge >= 0.3 is 6.18 Å². The van der Waals surface area contributed by atoms with Crippen LogP contribution in [0.5, 0.6) is 0 Å². The van der Waals surface area contributed by atoms with Crippen molar-refractivity contribution in [1.29, 1.82) is 5.26 Å². The number of anilines is 1. The Morgan fingerprint density at radius 2 is 2.05 bits per heavy atom. The molecule has 0 bridgehead atoms. The van der Waals surface area contributed by atoms with Crippen LogP contribution in [0.15, 0.2) is 18.2 Å². The van der Waals surface area contributed by atoms with Gasteiger partial charge in [0.15, 0.2) is 0 Å². The Labute approximate surface area is 110 Å². The van der Waals surface area contributed by atoms with E-state index >= 15 is 0 Å². The minimum atomic E-state index is -4.41. The summed E-state index contributed by atoms with van der Waals surface area (Å²) in [7, 11) is 0. The highest BCUT2D eigenvalue weighted by atomic mass is 19.4. The summed E-state index contributed by atoms with van der Waals surface area (Å²) in [6, 6.07) is 5.35. The Morgan fingerprint density at radius 1 is 1.32 bits per heavy atom. The molecule has 102 valence electrons. The summed E-state index contributed by atoms with van der Waals surface area (Å²) >= 11 is 0. The molecule has 1 fully saturated rings. The minimum absolute atomic E-state index is 0.0504. The van der Waals surface area contributed by atoms with Crippen LogP contribution < -0.4 is 5.32 Å². The highest BCUT2D eigenvalue weighted by molar-refractivity contribution is 5.59. The predicted octanol–water partition coefficient (Wildman–Crippen LogP) is 4.18. The lowest BCUT2D eigenvalue weighted by molar-refractivity contribution is -0.137. The van der Waals surface area contributed by atoms with E-state index in [-0.39, 0.29) is 11.6 Å². The quantitative estimate of drug-likeness (QED) is 0.873. The molecule has 0 aliphatic heterocycles. The molecule has 0 saturated heterocycles. The van der Waals surface area contributed by atoms with Gasteiger partial charge in [-0.25, -0.2) is 0 Å². The van der Waals surface area contributed by atoms with E-state index < -0.39 is 11.7 Å². The average Bonchev–Trinajstić information content (AvgIpc) is 2.74. The van der Waals surface area contributed by atoms with Crippen molar-refractivity contribution in [2.24, 2.45) is 5.92 Å². The summed E-state index contributed by atoms with van der Waals surface area (Å²) in [6.07, 6.45) is -1.31. The van der Waals surface area contributed by atoms with Crippen molar-refractivity contribution >= 4 is 5.69 Å². The molecule has 2 unspecified atom stereocenters. The van der Waals surface area contributed by atoms with E-state index in [9.17, 15) is 13.2 Å². The van der Waals surface area contributed by atoms with Gasteiger partial charge in [-0.2, -0.15) is 18.4 Å². The molecule has 0 radical (unpaired) electrons. The van der Waals surface area contributed by atoms with Crippen molar-refractivity contribution in [3.63, 3.8) is 0 Å². The van der Waals surface area contributed by atoms with Crippen molar-refractivity contribution in [2.45, 2.75) is 38.4 Å². The number of rotatable bonds is 2. The third-order valence-corrected chi connectivity index (χ3v) is 3.52. The molecule has 2 rings (SSSR count). The van der Waals surface area contributed by atoms with Crippen LogP contribution in [-0.4, -0.2) is 6.04 Å². The van der Waals surface area contributed by atoms with E-state index in [2.05, 4.69) is 12.2 Å². The van der Waals surface area contributed by atoms with E-state index in [1.807, 2.05) is 6.07 Å². The van der Waals surface area contributed by atoms with Crippen molar-refractivity contribution in [2.75, 3.05) is 5.32 Å². The van der Waals surface area contributed by atoms with Gasteiger partial charge in [0.1, 0.15) is 6.07 Å². The molecule has 0 amide bonds. The van der Waals surface area contributed by atoms with E-state index in [4.69, 9.17) is 5.26 Å². The Morgan fingerprint density at radius 3 is 2.58 bits per heavy atom. The average molecular weight is 268 g/mol. The van der Waals surface area contributed by atoms with Gasteiger partial charge in [-0.3, -0.25) is 0 Å². The van der Waals surface area contributed by atoms with E-state index in [1.54, 1.807) is 0 Å². The van der Waals surface area contributed by atoms with Crippen molar-refractivity contribution in [3.05, 3.63) is 29.3 Å². The van der Waals surface area contributed by atoms with E-state index in [1.165, 1.54) is 6.07 Å². The lowest BCUT2D eigenvalue weighted by Gasteiger charge is -2.16. The molecule has 1 aromatic rings. The fourth-order valence-corrected chi connectivity index (χ4v) is 2.50. The number of alkyl halides is 3. The molecule has 0 heterocycles. The van der Waals surface area contributed by atoms with Crippen LogP contribution in [0.2, 0.25) is 0 Å². The zero-order valence-electron chi connectivity index (χ0n) is 10.6. The second-order valence-electron chi connectivity index (χ2n) is 5.13. The number of nitriles is 1. The maximum Gasteiger partial charge on any atom is 0.416 e. The molecule has 5 heteroatoms. The Balaban J connectivity index is 2.20. The number of nitrogens with zero attached hydrogens (tertiary/aromatic N) is 1. The van der Waals surface area contributed by atoms with Gasteiger partial charge in [0, 0.05) is 6.04 Å². The predicted molar refractivity (Wildman–Crippen MR) is 66.6 cm³/mol. The van der Waals surface area contributed by atoms with Crippen molar-refractivity contribution in [1.82, 2.24) is 0 Å². The highest BCUT2D eigenvalue weighted by Crippen LogP contribution is 2.33. The largest absolute Gasteiger partial charge is 0.416 e. The molecular formula is C14H15F3N2. The smallest absolute Gasteiger partial charge is 0.381 e. The maximum atomic E-state index is 12.6. The molecule has 1 aliphatic carbocycles. The summed E-state index contributed by atoms with van der Waals surface area (Å²) in [6.45, 7) is 2.15. The Kier molecular flexibility index (Phi) is 3.70. The first-order chi connectivity index (χ1) is 8.90. The number of hydrogen-bond acceptors (Lipinski definition) is 2. The first-order valence-electron chi connectivity index (χ1n) is 6.28. The molecule has 1 aromatic carbocycles. The van der Waals surface area contributed by atoms with Crippen LogP contribution in [0.25, 0.3) is 0 Å². The van der Waals surface area contributed by atoms with Crippen LogP contribution in [0.3, 0.4) is 0 Å². The summed E-state index contributed by atoms with van der Waals surface area (Å²) in [5.74, 6) is 0.623. The molecule has 0 spiro atoms. The monoisotopic (exact) mass is 268 g/mol. The number of nitrogens with one attached hydrogen (secondary N) is 1. The third kappa shape index (κ3) is 3.19. The van der Waals surface area contributed by atoms with Crippen molar-refractivity contribution in [3.8, 4) is 6.07 Å². The first-order valence-corrected chi connectivity index (χ1v) is 6.28. The third-order valence-electron chi connectivity index (χ3n) is 3.52. The SMILES string of the molecule is CC1CCC(Nc2ccc(C(F)(F)F)cc2C#N)C1. The normalized spacial score (nSPS) is 23.1. The summed E-state index contributed by atoms with van der Waals surface area (Å²) in [5, 5.41) is 12.2. The van der Waals surface area contributed by atoms with Crippen LogP contribution >= 0.6 is 0 Å². The summed E-state index contributed by atoms with van der Waals surface area (Å²) in [4.78, 5) is 0. The molecular weight excluding hydrogens is 253 g/mol. The van der Waals surface area contributed by atoms with Crippen LogP contribution in [0.1, 0.15) is 37.3 Å². The lowest BCUT2D eigenvalue weighted by Crippen LogP contribution is -2.16. The summed E-state index contributed by atoms with van der Waals surface area (Å²) < 4.78 is 37.7. The van der Waals surface area contributed by atoms with Crippen LogP contribution in [0, 0.1) is 17.2 Å². The molecule has 19 heavy (non-hydrogen) atoms. The van der Waals surface area contributed by atoms with Crippen LogP contribution in [-0.2, 0) is 6.18 Å². The topological polar surface area (TPSA) is 35.8 Å². The van der Waals surface area contributed by atoms with E-state index in [0.717, 1.165) is 31.4 Å². The molecule has 1 N–H and O–H groups in total. The Bertz CT molecular complexity index is 502. The molecule has 1 saturated carbocycles. The van der Waals surface area contributed by atoms with Gasteiger partial charge in [0.2, 0.25) is 0 Å². The molecule has 0 aromatic heterocycles. The zero-order chi connectivity index (χ0) is 14.0. The Hall–Kier alpha value is -1.70. The van der Waals surface area contributed by atoms with Gasteiger partial charge in [-0.05, 0) is 43.4 Å². The van der Waals surface area contributed by atoms with Gasteiger partial charge in [-0.1, -0.05) is 6.92 Å². The zero-order valence-corrected chi connectivity index (χ0v) is 10.6. The number of hydrogen-bond donors (Lipinski definition) is 1. The second kappa shape index (κ2) is 5.12. The highest BCUT2D eigenvalue weighted by Gasteiger charge is 2.31. The number of halogens is 3. The van der Waals surface area contributed by atoms with Crippen LogP contribution in [0.4, 0.5) is 18.9 Å².